The maximum atomic E-state index is 13.1. The Balaban J connectivity index is 1.75. The molecule has 0 spiro atoms. The smallest absolute Gasteiger partial charge is 0.255 e. The van der Waals surface area contributed by atoms with Crippen LogP contribution in [0, 0.1) is 0 Å². The number of amides is 2. The number of aryl methyl sites for hydroxylation is 1. The lowest BCUT2D eigenvalue weighted by atomic mass is 10.2. The summed E-state index contributed by atoms with van der Waals surface area (Å²) in [6, 6.07) is 11.5. The number of hydrogen-bond acceptors (Lipinski definition) is 3. The molecule has 7 heteroatoms. The van der Waals surface area contributed by atoms with Crippen molar-refractivity contribution in [2.24, 2.45) is 7.05 Å². The van der Waals surface area contributed by atoms with Gasteiger partial charge in [-0.05, 0) is 53.0 Å². The number of nitrogens with zero attached hydrogens (tertiary/aromatic N) is 3. The maximum Gasteiger partial charge on any atom is 0.255 e. The van der Waals surface area contributed by atoms with Crippen molar-refractivity contribution >= 4 is 27.7 Å². The zero-order valence-corrected chi connectivity index (χ0v) is 17.9. The topological polar surface area (TPSA) is 54.8 Å². The highest BCUT2D eigenvalue weighted by Gasteiger charge is 2.34. The molecule has 28 heavy (non-hydrogen) atoms. The number of methoxy groups -OCH3 is 1. The maximum absolute atomic E-state index is 13.1. The van der Waals surface area contributed by atoms with Crippen LogP contribution in [0.2, 0.25) is 0 Å². The van der Waals surface area contributed by atoms with Gasteiger partial charge in [-0.3, -0.25) is 9.59 Å². The number of halogens is 1. The summed E-state index contributed by atoms with van der Waals surface area (Å²) in [6.45, 7) is 1.36. The van der Waals surface area contributed by atoms with Gasteiger partial charge in [0, 0.05) is 43.1 Å². The van der Waals surface area contributed by atoms with Gasteiger partial charge in [0.05, 0.1) is 18.7 Å². The van der Waals surface area contributed by atoms with E-state index in [1.807, 2.05) is 53.0 Å². The second-order valence-corrected chi connectivity index (χ2v) is 7.92. The van der Waals surface area contributed by atoms with Gasteiger partial charge in [0.15, 0.2) is 0 Å². The van der Waals surface area contributed by atoms with E-state index >= 15 is 0 Å². The molecule has 0 atom stereocenters. The number of hydrogen-bond donors (Lipinski definition) is 0. The van der Waals surface area contributed by atoms with Crippen molar-refractivity contribution in [2.45, 2.75) is 25.4 Å². The average molecular weight is 448 g/mol. The number of rotatable bonds is 9. The molecule has 1 heterocycles. The minimum absolute atomic E-state index is 0.0276. The molecule has 0 N–H and O–H groups in total. The largest absolute Gasteiger partial charge is 0.383 e. The Morgan fingerprint density at radius 1 is 1.21 bits per heavy atom. The number of ether oxygens (including phenoxy) is 1. The van der Waals surface area contributed by atoms with Gasteiger partial charge in [-0.15, -0.1) is 0 Å². The second kappa shape index (κ2) is 9.39. The highest BCUT2D eigenvalue weighted by molar-refractivity contribution is 9.10. The van der Waals surface area contributed by atoms with Gasteiger partial charge in [-0.25, -0.2) is 0 Å². The van der Waals surface area contributed by atoms with Crippen molar-refractivity contribution in [2.75, 3.05) is 26.8 Å². The van der Waals surface area contributed by atoms with Crippen molar-refractivity contribution in [3.05, 3.63) is 58.3 Å². The predicted molar refractivity (Wildman–Crippen MR) is 111 cm³/mol. The molecule has 1 saturated carbocycles. The van der Waals surface area contributed by atoms with Gasteiger partial charge in [-0.1, -0.05) is 12.1 Å². The molecular weight excluding hydrogens is 422 g/mol. The Labute approximate surface area is 174 Å². The molecule has 1 aliphatic carbocycles. The number of aromatic nitrogens is 1. The quantitative estimate of drug-likeness (QED) is 0.593. The fourth-order valence-corrected chi connectivity index (χ4v) is 3.61. The normalized spacial score (nSPS) is 13.4. The molecule has 6 nitrogen and oxygen atoms in total. The van der Waals surface area contributed by atoms with Gasteiger partial charge in [0.25, 0.3) is 5.91 Å². The average Bonchev–Trinajstić information content (AvgIpc) is 3.45. The Hall–Kier alpha value is -2.12. The van der Waals surface area contributed by atoms with E-state index in [4.69, 9.17) is 4.74 Å². The highest BCUT2D eigenvalue weighted by Crippen LogP contribution is 2.29. The van der Waals surface area contributed by atoms with Crippen LogP contribution in [0.1, 0.15) is 28.9 Å². The summed E-state index contributed by atoms with van der Waals surface area (Å²) < 4.78 is 7.90. The minimum Gasteiger partial charge on any atom is -0.383 e. The van der Waals surface area contributed by atoms with Crippen molar-refractivity contribution < 1.29 is 14.3 Å². The van der Waals surface area contributed by atoms with E-state index in [2.05, 4.69) is 15.9 Å². The van der Waals surface area contributed by atoms with E-state index < -0.39 is 0 Å². The van der Waals surface area contributed by atoms with Crippen LogP contribution in [0.5, 0.6) is 0 Å². The lowest BCUT2D eigenvalue weighted by molar-refractivity contribution is -0.133. The van der Waals surface area contributed by atoms with Crippen LogP contribution in [-0.4, -0.2) is 59.0 Å². The molecule has 1 fully saturated rings. The van der Waals surface area contributed by atoms with Crippen LogP contribution >= 0.6 is 15.9 Å². The third-order valence-corrected chi connectivity index (χ3v) is 5.67. The molecule has 1 aromatic carbocycles. The van der Waals surface area contributed by atoms with Gasteiger partial charge in [0.2, 0.25) is 5.91 Å². The van der Waals surface area contributed by atoms with E-state index in [0.717, 1.165) is 23.0 Å². The SMILES string of the molecule is COCCN(CC(=O)N(Cc1cccn1C)C1CC1)C(=O)c1ccccc1Br. The van der Waals surface area contributed by atoms with Crippen LogP contribution in [-0.2, 0) is 23.1 Å². The predicted octanol–water partition coefficient (Wildman–Crippen LogP) is 3.07. The first-order chi connectivity index (χ1) is 13.5. The molecule has 1 aromatic heterocycles. The van der Waals surface area contributed by atoms with E-state index in [9.17, 15) is 9.59 Å². The Bertz CT molecular complexity index is 832. The number of carbonyl (C=O) groups is 2. The lowest BCUT2D eigenvalue weighted by Gasteiger charge is -2.28. The van der Waals surface area contributed by atoms with Crippen LogP contribution in [0.4, 0.5) is 0 Å². The van der Waals surface area contributed by atoms with Crippen molar-refractivity contribution in [3.63, 3.8) is 0 Å². The molecule has 2 aromatic rings. The zero-order chi connectivity index (χ0) is 20.1. The standard InChI is InChI=1S/C21H26BrN3O3/c1-23-11-5-6-17(23)14-25(16-9-10-16)20(26)15-24(12-13-28-2)21(27)18-7-3-4-8-19(18)22/h3-8,11,16H,9-10,12-15H2,1-2H3. The van der Waals surface area contributed by atoms with Gasteiger partial charge < -0.3 is 19.1 Å². The monoisotopic (exact) mass is 447 g/mol. The first-order valence-electron chi connectivity index (χ1n) is 9.43. The molecule has 0 unspecified atom stereocenters. The summed E-state index contributed by atoms with van der Waals surface area (Å²) >= 11 is 3.43. The summed E-state index contributed by atoms with van der Waals surface area (Å²) in [5, 5.41) is 0. The molecule has 0 aliphatic heterocycles. The molecule has 0 radical (unpaired) electrons. The summed E-state index contributed by atoms with van der Waals surface area (Å²) in [5.41, 5.74) is 1.63. The molecule has 0 bridgehead atoms. The third-order valence-electron chi connectivity index (χ3n) is 4.97. The first kappa shape index (κ1) is 20.6. The number of carbonyl (C=O) groups excluding carboxylic acids is 2. The molecular formula is C21H26BrN3O3. The lowest BCUT2D eigenvalue weighted by Crippen LogP contribution is -2.45. The zero-order valence-electron chi connectivity index (χ0n) is 16.3. The molecule has 0 saturated heterocycles. The summed E-state index contributed by atoms with van der Waals surface area (Å²) in [7, 11) is 3.57. The highest BCUT2D eigenvalue weighted by atomic mass is 79.9. The van der Waals surface area contributed by atoms with Crippen LogP contribution < -0.4 is 0 Å². The van der Waals surface area contributed by atoms with Gasteiger partial charge in [0.1, 0.15) is 6.54 Å². The molecule has 3 rings (SSSR count). The Kier molecular flexibility index (Phi) is 6.91. The molecule has 2 amide bonds. The molecule has 1 aliphatic rings. The Morgan fingerprint density at radius 3 is 2.57 bits per heavy atom. The fraction of sp³-hybridized carbons (Fsp3) is 0.429. The van der Waals surface area contributed by atoms with Crippen LogP contribution in [0.3, 0.4) is 0 Å². The van der Waals surface area contributed by atoms with Crippen molar-refractivity contribution in [1.29, 1.82) is 0 Å². The summed E-state index contributed by atoms with van der Waals surface area (Å²) in [4.78, 5) is 29.7. The van der Waals surface area contributed by atoms with Crippen LogP contribution in [0.15, 0.2) is 47.1 Å². The van der Waals surface area contributed by atoms with E-state index in [1.54, 1.807) is 18.1 Å². The Morgan fingerprint density at radius 2 is 1.96 bits per heavy atom. The minimum atomic E-state index is -0.174. The molecule has 150 valence electrons. The summed E-state index contributed by atoms with van der Waals surface area (Å²) in [6.07, 6.45) is 4.02. The second-order valence-electron chi connectivity index (χ2n) is 7.06. The van der Waals surface area contributed by atoms with Gasteiger partial charge >= 0.3 is 0 Å². The van der Waals surface area contributed by atoms with Crippen molar-refractivity contribution in [1.82, 2.24) is 14.4 Å². The van der Waals surface area contributed by atoms with Crippen molar-refractivity contribution in [3.8, 4) is 0 Å². The van der Waals surface area contributed by atoms with E-state index in [1.165, 1.54) is 0 Å². The van der Waals surface area contributed by atoms with E-state index in [-0.39, 0.29) is 24.4 Å². The fourth-order valence-electron chi connectivity index (χ4n) is 3.16. The third kappa shape index (κ3) is 5.02. The van der Waals surface area contributed by atoms with E-state index in [0.29, 0.717) is 25.3 Å². The first-order valence-corrected chi connectivity index (χ1v) is 10.2. The van der Waals surface area contributed by atoms with Crippen LogP contribution in [0.25, 0.3) is 0 Å². The number of benzene rings is 1. The van der Waals surface area contributed by atoms with Gasteiger partial charge in [-0.2, -0.15) is 0 Å². The summed E-state index contributed by atoms with van der Waals surface area (Å²) in [5.74, 6) is -0.201.